The van der Waals surface area contributed by atoms with Crippen molar-refractivity contribution in [2.24, 2.45) is 0 Å². The van der Waals surface area contributed by atoms with Gasteiger partial charge in [0.2, 0.25) is 11.1 Å². The summed E-state index contributed by atoms with van der Waals surface area (Å²) >= 11 is 1.32. The summed E-state index contributed by atoms with van der Waals surface area (Å²) in [5.74, 6) is 1.31. The van der Waals surface area contributed by atoms with Gasteiger partial charge in [0.05, 0.1) is 12.4 Å². The molecule has 2 aromatic heterocycles. The van der Waals surface area contributed by atoms with E-state index in [9.17, 15) is 4.79 Å². The summed E-state index contributed by atoms with van der Waals surface area (Å²) < 4.78 is 6.73. The van der Waals surface area contributed by atoms with E-state index in [2.05, 4.69) is 20.4 Å². The smallest absolute Gasteiger partial charge is 0.253 e. The first-order valence-corrected chi connectivity index (χ1v) is 8.78. The molecule has 2 heterocycles. The molecule has 1 aromatic carbocycles. The zero-order chi connectivity index (χ0) is 17.6. The van der Waals surface area contributed by atoms with Crippen molar-refractivity contribution in [3.8, 4) is 5.75 Å². The lowest BCUT2D eigenvalue weighted by Gasteiger charge is -2.10. The molecule has 7 nitrogen and oxygen atoms in total. The van der Waals surface area contributed by atoms with E-state index in [-0.39, 0.29) is 11.2 Å². The number of nitrogens with zero attached hydrogens (tertiary/aromatic N) is 4. The number of amides is 1. The highest BCUT2D eigenvalue weighted by Gasteiger charge is 2.17. The van der Waals surface area contributed by atoms with Crippen LogP contribution in [0.15, 0.2) is 47.9 Å². The first-order chi connectivity index (χ1) is 12.2. The van der Waals surface area contributed by atoms with Crippen LogP contribution in [0.2, 0.25) is 0 Å². The van der Waals surface area contributed by atoms with E-state index in [1.54, 1.807) is 30.1 Å². The van der Waals surface area contributed by atoms with Crippen LogP contribution < -0.4 is 10.1 Å². The van der Waals surface area contributed by atoms with Gasteiger partial charge in [-0.2, -0.15) is 4.98 Å². The zero-order valence-electron chi connectivity index (χ0n) is 14.0. The molecule has 8 heteroatoms. The Morgan fingerprint density at radius 1 is 1.36 bits per heavy atom. The van der Waals surface area contributed by atoms with Crippen LogP contribution in [0.3, 0.4) is 0 Å². The fourth-order valence-corrected chi connectivity index (χ4v) is 3.02. The minimum Gasteiger partial charge on any atom is -0.497 e. The Bertz CT molecular complexity index is 817. The van der Waals surface area contributed by atoms with E-state index in [0.29, 0.717) is 17.5 Å². The normalized spacial score (nSPS) is 12.1. The molecule has 1 atom stereocenters. The molecule has 1 N–H and O–H groups in total. The van der Waals surface area contributed by atoms with Crippen molar-refractivity contribution in [3.05, 3.63) is 48.3 Å². The molecule has 3 rings (SSSR count). The number of carbonyl (C=O) groups excluding carboxylic acids is 1. The summed E-state index contributed by atoms with van der Waals surface area (Å²) in [6, 6.07) is 9.61. The molecule has 0 spiro atoms. The molecular formula is C17H19N5O2S. The number of hydrogen-bond acceptors (Lipinski definition) is 6. The summed E-state index contributed by atoms with van der Waals surface area (Å²) in [6.07, 6.45) is 4.20. The molecule has 0 bridgehead atoms. The molecule has 3 aromatic rings. The summed E-state index contributed by atoms with van der Waals surface area (Å²) in [6.45, 7) is 2.42. The van der Waals surface area contributed by atoms with Crippen molar-refractivity contribution < 1.29 is 9.53 Å². The van der Waals surface area contributed by atoms with Gasteiger partial charge in [0.1, 0.15) is 5.75 Å². The molecule has 1 amide bonds. The molecule has 0 fully saturated rings. The van der Waals surface area contributed by atoms with Crippen molar-refractivity contribution in [2.75, 3.05) is 13.7 Å². The maximum absolute atomic E-state index is 12.2. The lowest BCUT2D eigenvalue weighted by molar-refractivity contribution is -0.120. The van der Waals surface area contributed by atoms with Crippen molar-refractivity contribution in [1.82, 2.24) is 24.9 Å². The Morgan fingerprint density at radius 2 is 2.16 bits per heavy atom. The second kappa shape index (κ2) is 7.98. The predicted octanol–water partition coefficient (Wildman–Crippen LogP) is 1.97. The van der Waals surface area contributed by atoms with Crippen LogP contribution in [0.1, 0.15) is 12.5 Å². The number of carbonyl (C=O) groups is 1. The van der Waals surface area contributed by atoms with Crippen LogP contribution in [0, 0.1) is 0 Å². The fourth-order valence-electron chi connectivity index (χ4n) is 2.24. The third-order valence-corrected chi connectivity index (χ3v) is 4.57. The Balaban J connectivity index is 1.48. The largest absolute Gasteiger partial charge is 0.497 e. The van der Waals surface area contributed by atoms with Gasteiger partial charge in [0.15, 0.2) is 0 Å². The van der Waals surface area contributed by atoms with E-state index in [1.807, 2.05) is 31.2 Å². The van der Waals surface area contributed by atoms with Gasteiger partial charge in [-0.15, -0.1) is 5.10 Å². The van der Waals surface area contributed by atoms with Gasteiger partial charge in [0.25, 0.3) is 5.78 Å². The predicted molar refractivity (Wildman–Crippen MR) is 95.8 cm³/mol. The van der Waals surface area contributed by atoms with E-state index in [0.717, 1.165) is 17.7 Å². The zero-order valence-corrected chi connectivity index (χ0v) is 14.9. The highest BCUT2D eigenvalue weighted by atomic mass is 32.2. The molecule has 130 valence electrons. The summed E-state index contributed by atoms with van der Waals surface area (Å²) in [4.78, 5) is 20.6. The van der Waals surface area contributed by atoms with Gasteiger partial charge in [-0.25, -0.2) is 9.50 Å². The van der Waals surface area contributed by atoms with Gasteiger partial charge >= 0.3 is 0 Å². The van der Waals surface area contributed by atoms with Gasteiger partial charge in [0, 0.05) is 18.9 Å². The molecule has 0 aliphatic carbocycles. The standard InChI is InChI=1S/C17H19N5O2S/c1-12(25-17-20-16-19-9-3-11-22(16)21-17)15(23)18-10-8-13-4-6-14(24-2)7-5-13/h3-7,9,11-12H,8,10H2,1-2H3,(H,18,23). The molecule has 0 aliphatic heterocycles. The average Bonchev–Trinajstić information content (AvgIpc) is 3.04. The summed E-state index contributed by atoms with van der Waals surface area (Å²) in [5, 5.41) is 7.49. The molecule has 0 saturated heterocycles. The first-order valence-electron chi connectivity index (χ1n) is 7.90. The molecule has 0 saturated carbocycles. The van der Waals surface area contributed by atoms with Gasteiger partial charge in [-0.3, -0.25) is 4.79 Å². The number of hydrogen-bond donors (Lipinski definition) is 1. The minimum atomic E-state index is -0.284. The topological polar surface area (TPSA) is 81.4 Å². The van der Waals surface area contributed by atoms with Crippen LogP contribution in [0.5, 0.6) is 5.75 Å². The van der Waals surface area contributed by atoms with Crippen LogP contribution in [0.25, 0.3) is 5.78 Å². The first kappa shape index (κ1) is 17.2. The molecule has 25 heavy (non-hydrogen) atoms. The van der Waals surface area contributed by atoms with E-state index in [4.69, 9.17) is 4.74 Å². The van der Waals surface area contributed by atoms with E-state index >= 15 is 0 Å². The second-order valence-electron chi connectivity index (χ2n) is 5.41. The SMILES string of the molecule is COc1ccc(CCNC(=O)C(C)Sc2nc3ncccn3n2)cc1. The number of aromatic nitrogens is 4. The highest BCUT2D eigenvalue weighted by Crippen LogP contribution is 2.19. The lowest BCUT2D eigenvalue weighted by atomic mass is 10.1. The number of ether oxygens (including phenoxy) is 1. The lowest BCUT2D eigenvalue weighted by Crippen LogP contribution is -2.32. The monoisotopic (exact) mass is 357 g/mol. The van der Waals surface area contributed by atoms with Gasteiger partial charge < -0.3 is 10.1 Å². The quantitative estimate of drug-likeness (QED) is 0.651. The highest BCUT2D eigenvalue weighted by molar-refractivity contribution is 8.00. The van der Waals surface area contributed by atoms with Crippen molar-refractivity contribution in [1.29, 1.82) is 0 Å². The van der Waals surface area contributed by atoms with E-state index < -0.39 is 0 Å². The Labute approximate surface area is 149 Å². The van der Waals surface area contributed by atoms with Gasteiger partial charge in [-0.1, -0.05) is 23.9 Å². The number of thioether (sulfide) groups is 1. The van der Waals surface area contributed by atoms with Crippen LogP contribution in [-0.2, 0) is 11.2 Å². The third kappa shape index (κ3) is 4.48. The number of nitrogens with one attached hydrogen (secondary N) is 1. The Hall–Kier alpha value is -2.61. The van der Waals surface area contributed by atoms with Crippen molar-refractivity contribution in [3.63, 3.8) is 0 Å². The average molecular weight is 357 g/mol. The molecular weight excluding hydrogens is 338 g/mol. The second-order valence-corrected chi connectivity index (χ2v) is 6.72. The Kier molecular flexibility index (Phi) is 5.49. The van der Waals surface area contributed by atoms with Gasteiger partial charge in [-0.05, 0) is 37.1 Å². The maximum atomic E-state index is 12.2. The molecule has 0 aliphatic rings. The van der Waals surface area contributed by atoms with E-state index in [1.165, 1.54) is 11.8 Å². The third-order valence-electron chi connectivity index (χ3n) is 3.62. The van der Waals surface area contributed by atoms with Crippen molar-refractivity contribution in [2.45, 2.75) is 23.8 Å². The minimum absolute atomic E-state index is 0.0367. The molecule has 1 unspecified atom stereocenters. The fraction of sp³-hybridized carbons (Fsp3) is 0.294. The number of fused-ring (bicyclic) bond motifs is 1. The maximum Gasteiger partial charge on any atom is 0.253 e. The number of methoxy groups -OCH3 is 1. The Morgan fingerprint density at radius 3 is 2.88 bits per heavy atom. The number of benzene rings is 1. The van der Waals surface area contributed by atoms with Crippen LogP contribution in [-0.4, -0.2) is 44.4 Å². The van der Waals surface area contributed by atoms with Crippen molar-refractivity contribution >= 4 is 23.4 Å². The summed E-state index contributed by atoms with van der Waals surface area (Å²) in [5.41, 5.74) is 1.15. The number of rotatable bonds is 7. The summed E-state index contributed by atoms with van der Waals surface area (Å²) in [7, 11) is 1.64. The van der Waals surface area contributed by atoms with Crippen LogP contribution >= 0.6 is 11.8 Å². The van der Waals surface area contributed by atoms with Crippen LogP contribution in [0.4, 0.5) is 0 Å². The molecule has 0 radical (unpaired) electrons.